The minimum Gasteiger partial charge on any atom is -0.376 e. The Morgan fingerprint density at radius 2 is 2.03 bits per heavy atom. The number of fused-ring (bicyclic) bond motifs is 1. The Balaban J connectivity index is 1.50. The van der Waals surface area contributed by atoms with Gasteiger partial charge in [0.2, 0.25) is 5.91 Å². The first-order chi connectivity index (χ1) is 14.6. The summed E-state index contributed by atoms with van der Waals surface area (Å²) < 4.78 is 7.39. The van der Waals surface area contributed by atoms with Crippen molar-refractivity contribution in [3.63, 3.8) is 0 Å². The zero-order chi connectivity index (χ0) is 20.9. The maximum atomic E-state index is 13.1. The highest BCUT2D eigenvalue weighted by molar-refractivity contribution is 7.99. The number of hydrogen-bond donors (Lipinski definition) is 1. The topological polar surface area (TPSA) is 73.2 Å². The quantitative estimate of drug-likeness (QED) is 0.466. The SMILES string of the molecule is Cc1ccccc1CNC(=O)CSc1nc2ccccc2c(=O)n1C[C@H]1CCCO1. The summed E-state index contributed by atoms with van der Waals surface area (Å²) in [5, 5.41) is 4.10. The average molecular weight is 424 g/mol. The highest BCUT2D eigenvalue weighted by atomic mass is 32.2. The molecule has 0 spiro atoms. The van der Waals surface area contributed by atoms with Crippen LogP contribution in [0.2, 0.25) is 0 Å². The third-order valence-electron chi connectivity index (χ3n) is 5.31. The molecule has 1 amide bonds. The fourth-order valence-electron chi connectivity index (χ4n) is 3.59. The summed E-state index contributed by atoms with van der Waals surface area (Å²) in [7, 11) is 0. The zero-order valence-corrected chi connectivity index (χ0v) is 17.8. The maximum Gasteiger partial charge on any atom is 0.262 e. The molecule has 0 bridgehead atoms. The molecular formula is C23H25N3O3S. The molecule has 1 aromatic heterocycles. The van der Waals surface area contributed by atoms with Crippen LogP contribution in [-0.4, -0.2) is 33.9 Å². The molecule has 1 atom stereocenters. The van der Waals surface area contributed by atoms with E-state index in [0.29, 0.717) is 29.1 Å². The van der Waals surface area contributed by atoms with Crippen LogP contribution in [-0.2, 0) is 22.6 Å². The molecule has 2 heterocycles. The van der Waals surface area contributed by atoms with Crippen molar-refractivity contribution in [3.05, 3.63) is 70.0 Å². The van der Waals surface area contributed by atoms with Gasteiger partial charge in [-0.15, -0.1) is 0 Å². The lowest BCUT2D eigenvalue weighted by Gasteiger charge is -2.16. The minimum absolute atomic E-state index is 0.0138. The summed E-state index contributed by atoms with van der Waals surface area (Å²) in [5.41, 5.74) is 2.80. The molecule has 3 aromatic rings. The Hall–Kier alpha value is -2.64. The molecule has 1 fully saturated rings. The minimum atomic E-state index is -0.0886. The van der Waals surface area contributed by atoms with E-state index in [1.807, 2.05) is 49.4 Å². The van der Waals surface area contributed by atoms with Crippen molar-refractivity contribution >= 4 is 28.6 Å². The van der Waals surface area contributed by atoms with Crippen LogP contribution in [0.4, 0.5) is 0 Å². The Labute approximate surface area is 179 Å². The number of benzene rings is 2. The summed E-state index contributed by atoms with van der Waals surface area (Å²) in [6, 6.07) is 15.3. The number of aryl methyl sites for hydroxylation is 1. The lowest BCUT2D eigenvalue weighted by Crippen LogP contribution is -2.30. The second kappa shape index (κ2) is 9.45. The molecule has 0 radical (unpaired) electrons. The van der Waals surface area contributed by atoms with Crippen LogP contribution in [0.5, 0.6) is 0 Å². The molecular weight excluding hydrogens is 398 g/mol. The van der Waals surface area contributed by atoms with Crippen LogP contribution in [0.25, 0.3) is 10.9 Å². The van der Waals surface area contributed by atoms with Gasteiger partial charge in [-0.05, 0) is 43.0 Å². The standard InChI is InChI=1S/C23H25N3O3S/c1-16-7-2-3-8-17(16)13-24-21(27)15-30-23-25-20-11-5-4-10-19(20)22(28)26(23)14-18-9-6-12-29-18/h2-5,7-8,10-11,18H,6,9,12-15H2,1H3,(H,24,27)/t18-/m1/s1. The number of thioether (sulfide) groups is 1. The van der Waals surface area contributed by atoms with Gasteiger partial charge in [0.05, 0.1) is 29.3 Å². The molecule has 1 N–H and O–H groups in total. The van der Waals surface area contributed by atoms with E-state index >= 15 is 0 Å². The Morgan fingerprint density at radius 3 is 2.83 bits per heavy atom. The van der Waals surface area contributed by atoms with Crippen molar-refractivity contribution in [2.75, 3.05) is 12.4 Å². The predicted octanol–water partition coefficient (Wildman–Crippen LogP) is 3.29. The molecule has 0 unspecified atom stereocenters. The molecule has 1 saturated heterocycles. The predicted molar refractivity (Wildman–Crippen MR) is 119 cm³/mol. The highest BCUT2D eigenvalue weighted by Gasteiger charge is 2.20. The molecule has 1 aliphatic heterocycles. The van der Waals surface area contributed by atoms with Crippen molar-refractivity contribution in [2.45, 2.75) is 44.1 Å². The van der Waals surface area contributed by atoms with E-state index in [9.17, 15) is 9.59 Å². The Morgan fingerprint density at radius 1 is 1.23 bits per heavy atom. The van der Waals surface area contributed by atoms with E-state index in [0.717, 1.165) is 30.6 Å². The number of nitrogens with zero attached hydrogens (tertiary/aromatic N) is 2. The van der Waals surface area contributed by atoms with Crippen molar-refractivity contribution < 1.29 is 9.53 Å². The Kier molecular flexibility index (Phi) is 6.50. The smallest absolute Gasteiger partial charge is 0.262 e. The van der Waals surface area contributed by atoms with E-state index < -0.39 is 0 Å². The van der Waals surface area contributed by atoms with Gasteiger partial charge in [0.15, 0.2) is 5.16 Å². The molecule has 1 aliphatic rings. The van der Waals surface area contributed by atoms with Crippen LogP contribution in [0.1, 0.15) is 24.0 Å². The first-order valence-corrected chi connectivity index (χ1v) is 11.2. The second-order valence-electron chi connectivity index (χ2n) is 7.45. The van der Waals surface area contributed by atoms with E-state index in [1.54, 1.807) is 10.6 Å². The van der Waals surface area contributed by atoms with Gasteiger partial charge in [-0.1, -0.05) is 48.2 Å². The molecule has 156 valence electrons. The fourth-order valence-corrected chi connectivity index (χ4v) is 4.43. The third kappa shape index (κ3) is 4.74. The molecule has 4 rings (SSSR count). The third-order valence-corrected chi connectivity index (χ3v) is 6.28. The monoisotopic (exact) mass is 423 g/mol. The average Bonchev–Trinajstić information content (AvgIpc) is 3.27. The molecule has 7 heteroatoms. The van der Waals surface area contributed by atoms with E-state index in [1.165, 1.54) is 11.8 Å². The van der Waals surface area contributed by atoms with Gasteiger partial charge in [0.1, 0.15) is 0 Å². The van der Waals surface area contributed by atoms with Crippen molar-refractivity contribution in [3.8, 4) is 0 Å². The second-order valence-corrected chi connectivity index (χ2v) is 8.40. The number of hydrogen-bond acceptors (Lipinski definition) is 5. The maximum absolute atomic E-state index is 13.1. The number of aromatic nitrogens is 2. The summed E-state index contributed by atoms with van der Waals surface area (Å²) in [6.45, 7) is 3.70. The van der Waals surface area contributed by atoms with Crippen LogP contribution in [0.15, 0.2) is 58.5 Å². The molecule has 0 saturated carbocycles. The van der Waals surface area contributed by atoms with Crippen molar-refractivity contribution in [2.24, 2.45) is 0 Å². The van der Waals surface area contributed by atoms with Crippen LogP contribution in [0, 0.1) is 6.92 Å². The summed E-state index contributed by atoms with van der Waals surface area (Å²) in [4.78, 5) is 30.2. The van der Waals surface area contributed by atoms with E-state index in [2.05, 4.69) is 10.3 Å². The van der Waals surface area contributed by atoms with Gasteiger partial charge in [0.25, 0.3) is 5.56 Å². The van der Waals surface area contributed by atoms with Crippen LogP contribution in [0.3, 0.4) is 0 Å². The first kappa shape index (κ1) is 20.6. The number of carbonyl (C=O) groups is 1. The van der Waals surface area contributed by atoms with Gasteiger partial charge in [0, 0.05) is 13.2 Å². The van der Waals surface area contributed by atoms with Crippen molar-refractivity contribution in [1.82, 2.24) is 14.9 Å². The summed E-state index contributed by atoms with van der Waals surface area (Å²) in [6.07, 6.45) is 1.95. The number of amides is 1. The highest BCUT2D eigenvalue weighted by Crippen LogP contribution is 2.21. The number of rotatable bonds is 7. The molecule has 30 heavy (non-hydrogen) atoms. The van der Waals surface area contributed by atoms with Gasteiger partial charge in [-0.3, -0.25) is 14.2 Å². The normalized spacial score (nSPS) is 16.1. The largest absolute Gasteiger partial charge is 0.376 e. The molecule has 6 nitrogen and oxygen atoms in total. The first-order valence-electron chi connectivity index (χ1n) is 10.2. The molecule has 2 aromatic carbocycles. The van der Waals surface area contributed by atoms with Crippen LogP contribution < -0.4 is 10.9 Å². The van der Waals surface area contributed by atoms with Gasteiger partial charge < -0.3 is 10.1 Å². The van der Waals surface area contributed by atoms with Crippen LogP contribution >= 0.6 is 11.8 Å². The number of ether oxygens (including phenoxy) is 1. The van der Waals surface area contributed by atoms with Gasteiger partial charge in [-0.2, -0.15) is 0 Å². The molecule has 0 aliphatic carbocycles. The van der Waals surface area contributed by atoms with Gasteiger partial charge in [-0.25, -0.2) is 4.98 Å². The van der Waals surface area contributed by atoms with Gasteiger partial charge >= 0.3 is 0 Å². The Bertz CT molecular complexity index is 1110. The number of nitrogens with one attached hydrogen (secondary N) is 1. The van der Waals surface area contributed by atoms with Crippen molar-refractivity contribution in [1.29, 1.82) is 0 Å². The lowest BCUT2D eigenvalue weighted by atomic mass is 10.1. The lowest BCUT2D eigenvalue weighted by molar-refractivity contribution is -0.118. The summed E-state index contributed by atoms with van der Waals surface area (Å²) in [5.74, 6) is 0.108. The van der Waals surface area contributed by atoms with E-state index in [4.69, 9.17) is 4.74 Å². The van der Waals surface area contributed by atoms with E-state index in [-0.39, 0.29) is 23.3 Å². The fraction of sp³-hybridized carbons (Fsp3) is 0.348. The zero-order valence-electron chi connectivity index (χ0n) is 17.0. The number of carbonyl (C=O) groups excluding carboxylic acids is 1. The number of para-hydroxylation sites is 1. The summed E-state index contributed by atoms with van der Waals surface area (Å²) >= 11 is 1.29.